The van der Waals surface area contributed by atoms with Crippen LogP contribution in [0.15, 0.2) is 88.4 Å². The lowest BCUT2D eigenvalue weighted by atomic mass is 10.0. The van der Waals surface area contributed by atoms with Gasteiger partial charge in [0.25, 0.3) is 17.4 Å². The standard InChI is InChI=1S/C31H33N7O5/c1-32-20-43-29-25(31(42)38(35-29)23-12-7-4-8-13-23)18-16-21(36-19-9-14-26(36)39)15-17-24-27(28(40)33-2)34-37(30(24)41)22-10-5-3-6-11-22/h3-8,10-13,15-17,25,32,34H,9,14,18-20H2,1-2H3,(H,33,40)/t25-/m1/s1. The fraction of sp³-hybridized carbons (Fsp3) is 0.258. The van der Waals surface area contributed by atoms with Gasteiger partial charge in [-0.3, -0.25) is 29.6 Å². The normalized spacial score (nSPS) is 17.2. The number of H-pyrrole nitrogens is 1. The van der Waals surface area contributed by atoms with Crippen LogP contribution in [0.2, 0.25) is 0 Å². The predicted octanol–water partition coefficient (Wildman–Crippen LogP) is 2.60. The van der Waals surface area contributed by atoms with Crippen LogP contribution in [0.3, 0.4) is 0 Å². The first-order chi connectivity index (χ1) is 20.9. The van der Waals surface area contributed by atoms with Crippen molar-refractivity contribution < 1.29 is 19.1 Å². The monoisotopic (exact) mass is 583 g/mol. The molecular formula is C31H33N7O5. The van der Waals surface area contributed by atoms with E-state index in [4.69, 9.17) is 4.74 Å². The van der Waals surface area contributed by atoms with Crippen LogP contribution in [0.4, 0.5) is 5.69 Å². The molecule has 0 aliphatic carbocycles. The van der Waals surface area contributed by atoms with Crippen LogP contribution in [0.5, 0.6) is 0 Å². The Hall–Kier alpha value is -5.23. The zero-order chi connectivity index (χ0) is 30.3. The summed E-state index contributed by atoms with van der Waals surface area (Å²) < 4.78 is 7.06. The fourth-order valence-corrected chi connectivity index (χ4v) is 4.96. The SMILES string of the molecule is CNCOC1=NN(c2ccccc2)C(=O)[C@@H]1CC=C(C=Cc1c(C(=O)NC)[nH]n(-c2ccccc2)c1=O)N1CCCC1=O. The number of benzene rings is 2. The number of rotatable bonds is 10. The highest BCUT2D eigenvalue weighted by Crippen LogP contribution is 2.28. The van der Waals surface area contributed by atoms with E-state index < -0.39 is 17.4 Å². The molecule has 0 saturated carbocycles. The predicted molar refractivity (Wildman–Crippen MR) is 162 cm³/mol. The van der Waals surface area contributed by atoms with Gasteiger partial charge in [-0.05, 0) is 56.3 Å². The Morgan fingerprint density at radius 1 is 1.05 bits per heavy atom. The van der Waals surface area contributed by atoms with Gasteiger partial charge in [-0.25, -0.2) is 4.68 Å². The molecule has 2 aliphatic rings. The van der Waals surface area contributed by atoms with Crippen LogP contribution in [-0.2, 0) is 14.3 Å². The highest BCUT2D eigenvalue weighted by atomic mass is 16.5. The number of hydrogen-bond acceptors (Lipinski definition) is 7. The summed E-state index contributed by atoms with van der Waals surface area (Å²) in [4.78, 5) is 54.0. The van der Waals surface area contributed by atoms with Gasteiger partial charge in [0.1, 0.15) is 18.3 Å². The molecule has 3 heterocycles. The number of para-hydroxylation sites is 2. The number of carbonyl (C=O) groups excluding carboxylic acids is 3. The molecule has 0 bridgehead atoms. The summed E-state index contributed by atoms with van der Waals surface area (Å²) in [7, 11) is 3.21. The summed E-state index contributed by atoms with van der Waals surface area (Å²) in [5, 5.41) is 14.1. The van der Waals surface area contributed by atoms with E-state index in [9.17, 15) is 19.2 Å². The number of aromatic amines is 1. The molecule has 0 unspecified atom stereocenters. The second-order valence-electron chi connectivity index (χ2n) is 9.92. The first-order valence-electron chi connectivity index (χ1n) is 14.0. The molecule has 0 radical (unpaired) electrons. The van der Waals surface area contributed by atoms with E-state index in [0.717, 1.165) is 0 Å². The van der Waals surface area contributed by atoms with Crippen molar-refractivity contribution in [3.05, 3.63) is 100 Å². The summed E-state index contributed by atoms with van der Waals surface area (Å²) in [6.45, 7) is 0.653. The van der Waals surface area contributed by atoms with Gasteiger partial charge < -0.3 is 15.0 Å². The molecule has 1 saturated heterocycles. The Morgan fingerprint density at radius 2 is 1.74 bits per heavy atom. The second kappa shape index (κ2) is 13.2. The molecule has 1 atom stereocenters. The Labute approximate surface area is 248 Å². The number of anilines is 1. The quantitative estimate of drug-likeness (QED) is 0.248. The van der Waals surface area contributed by atoms with Crippen molar-refractivity contribution in [1.82, 2.24) is 25.3 Å². The topological polar surface area (TPSA) is 141 Å². The molecule has 2 aromatic carbocycles. The van der Waals surface area contributed by atoms with Crippen molar-refractivity contribution >= 4 is 35.4 Å². The summed E-state index contributed by atoms with van der Waals surface area (Å²) >= 11 is 0. The Bertz CT molecular complexity index is 1640. The van der Waals surface area contributed by atoms with Crippen molar-refractivity contribution in [3.63, 3.8) is 0 Å². The number of hydrogen-bond donors (Lipinski definition) is 3. The highest BCUT2D eigenvalue weighted by Gasteiger charge is 2.38. The van der Waals surface area contributed by atoms with Gasteiger partial charge in [-0.1, -0.05) is 42.5 Å². The van der Waals surface area contributed by atoms with Crippen molar-refractivity contribution in [2.24, 2.45) is 11.0 Å². The molecule has 3 amide bonds. The maximum Gasteiger partial charge on any atom is 0.279 e. The number of nitrogens with one attached hydrogen (secondary N) is 3. The lowest BCUT2D eigenvalue weighted by Crippen LogP contribution is -2.29. The van der Waals surface area contributed by atoms with E-state index in [1.807, 2.05) is 24.3 Å². The number of carbonyl (C=O) groups is 3. The minimum absolute atomic E-state index is 0.0674. The van der Waals surface area contributed by atoms with E-state index >= 15 is 0 Å². The largest absolute Gasteiger partial charge is 0.463 e. The van der Waals surface area contributed by atoms with E-state index in [2.05, 4.69) is 20.8 Å². The number of ether oxygens (including phenoxy) is 1. The molecule has 2 aliphatic heterocycles. The lowest BCUT2D eigenvalue weighted by molar-refractivity contribution is -0.125. The van der Waals surface area contributed by atoms with Crippen LogP contribution in [-0.4, -0.2) is 65.7 Å². The number of nitrogens with zero attached hydrogens (tertiary/aromatic N) is 4. The molecule has 3 aromatic rings. The van der Waals surface area contributed by atoms with Gasteiger partial charge in [0, 0.05) is 25.7 Å². The van der Waals surface area contributed by atoms with Gasteiger partial charge in [-0.15, -0.1) is 5.10 Å². The van der Waals surface area contributed by atoms with Crippen molar-refractivity contribution in [1.29, 1.82) is 0 Å². The molecule has 0 spiro atoms. The molecule has 222 valence electrons. The smallest absolute Gasteiger partial charge is 0.279 e. The first-order valence-corrected chi connectivity index (χ1v) is 14.0. The zero-order valence-corrected chi connectivity index (χ0v) is 23.9. The Morgan fingerprint density at radius 3 is 2.37 bits per heavy atom. The van der Waals surface area contributed by atoms with E-state index in [0.29, 0.717) is 36.5 Å². The number of likely N-dealkylation sites (tertiary alicyclic amines) is 1. The van der Waals surface area contributed by atoms with Crippen molar-refractivity contribution in [3.8, 4) is 5.69 Å². The van der Waals surface area contributed by atoms with Crippen molar-refractivity contribution in [2.45, 2.75) is 19.3 Å². The third-order valence-electron chi connectivity index (χ3n) is 7.13. The van der Waals surface area contributed by atoms with Crippen molar-refractivity contribution in [2.75, 3.05) is 32.4 Å². The molecule has 5 rings (SSSR count). The average molecular weight is 584 g/mol. The second-order valence-corrected chi connectivity index (χ2v) is 9.92. The Kier molecular flexibility index (Phi) is 8.96. The fourth-order valence-electron chi connectivity index (χ4n) is 4.96. The van der Waals surface area contributed by atoms with Gasteiger partial charge in [0.05, 0.1) is 16.9 Å². The van der Waals surface area contributed by atoms with Gasteiger partial charge in [0.15, 0.2) is 0 Å². The van der Waals surface area contributed by atoms with Gasteiger partial charge in [0.2, 0.25) is 11.8 Å². The first kappa shape index (κ1) is 29.3. The summed E-state index contributed by atoms with van der Waals surface area (Å²) in [6, 6.07) is 18.0. The van der Waals surface area contributed by atoms with Gasteiger partial charge >= 0.3 is 0 Å². The van der Waals surface area contributed by atoms with Crippen LogP contribution < -0.4 is 21.2 Å². The highest BCUT2D eigenvalue weighted by molar-refractivity contribution is 6.13. The summed E-state index contributed by atoms with van der Waals surface area (Å²) in [5.74, 6) is -1.26. The lowest BCUT2D eigenvalue weighted by Gasteiger charge is -2.18. The van der Waals surface area contributed by atoms with Crippen LogP contribution >= 0.6 is 0 Å². The van der Waals surface area contributed by atoms with Crippen LogP contribution in [0, 0.1) is 5.92 Å². The number of aromatic nitrogens is 2. The number of amides is 3. The number of hydrazone groups is 1. The van der Waals surface area contributed by atoms with Gasteiger partial charge in [-0.2, -0.15) is 5.01 Å². The minimum atomic E-state index is -0.723. The molecule has 12 nitrogen and oxygen atoms in total. The number of allylic oxidation sites excluding steroid dienone is 2. The molecule has 43 heavy (non-hydrogen) atoms. The minimum Gasteiger partial charge on any atom is -0.463 e. The molecular weight excluding hydrogens is 550 g/mol. The van der Waals surface area contributed by atoms with E-state index in [1.54, 1.807) is 60.5 Å². The van der Waals surface area contributed by atoms with E-state index in [1.165, 1.54) is 22.8 Å². The van der Waals surface area contributed by atoms with Crippen LogP contribution in [0.1, 0.15) is 35.3 Å². The third kappa shape index (κ3) is 6.19. The average Bonchev–Trinajstić information content (AvgIpc) is 3.71. The molecule has 1 aromatic heterocycles. The summed E-state index contributed by atoms with van der Waals surface area (Å²) in [5.41, 5.74) is 1.48. The summed E-state index contributed by atoms with van der Waals surface area (Å²) in [6.07, 6.45) is 6.20. The Balaban J connectivity index is 1.49. The zero-order valence-electron chi connectivity index (χ0n) is 23.9. The van der Waals surface area contributed by atoms with E-state index in [-0.39, 0.29) is 42.1 Å². The maximum atomic E-state index is 13.5. The molecule has 12 heteroatoms. The molecule has 3 N–H and O–H groups in total. The molecule has 1 fully saturated rings. The maximum absolute atomic E-state index is 13.5. The van der Waals surface area contributed by atoms with Crippen LogP contribution in [0.25, 0.3) is 11.8 Å². The third-order valence-corrected chi connectivity index (χ3v) is 7.13.